The number of allylic oxidation sites excluding steroid dienone is 1. The number of amides is 4. The van der Waals surface area contributed by atoms with Crippen LogP contribution >= 0.6 is 23.1 Å². The zero-order valence-corrected chi connectivity index (χ0v) is 31.3. The molecule has 2 saturated heterocycles. The number of thiazole rings is 1. The Bertz CT molecular complexity index is 2100. The maximum absolute atomic E-state index is 13.9. The van der Waals surface area contributed by atoms with Gasteiger partial charge in [0.15, 0.2) is 10.8 Å². The van der Waals surface area contributed by atoms with Gasteiger partial charge in [0.05, 0.1) is 7.11 Å². The van der Waals surface area contributed by atoms with Gasteiger partial charge >= 0.3 is 5.97 Å². The van der Waals surface area contributed by atoms with Gasteiger partial charge in [-0.25, -0.2) is 9.78 Å². The minimum absolute atomic E-state index is 0.0601. The van der Waals surface area contributed by atoms with Crippen LogP contribution in [0.1, 0.15) is 55.7 Å². The molecule has 6 N–H and O–H groups in total. The fraction of sp³-hybridized carbons (Fsp3) is 0.351. The maximum atomic E-state index is 13.9. The zero-order chi connectivity index (χ0) is 38.6. The summed E-state index contributed by atoms with van der Waals surface area (Å²) in [6, 6.07) is 9.13. The van der Waals surface area contributed by atoms with Gasteiger partial charge in [-0.3, -0.25) is 29.1 Å². The third-order valence-electron chi connectivity index (χ3n) is 9.84. The fourth-order valence-electron chi connectivity index (χ4n) is 7.19. The molecule has 3 atom stereocenters. The first-order chi connectivity index (χ1) is 26.6. The SMILES string of the molecule is COc1ccc(NC(=O)CC(C(=C2CCNC2=O)C2=C(C(=O)O)N3C(=O)[C@@H](NC(=O)C(=NOC4CCCC4)c4csc(N)n4)[C@H]3SC2)c2ccncc2)cc1. The second kappa shape index (κ2) is 16.3. The Morgan fingerprint density at radius 1 is 1.13 bits per heavy atom. The van der Waals surface area contributed by atoms with Crippen molar-refractivity contribution in [2.24, 2.45) is 5.16 Å². The maximum Gasteiger partial charge on any atom is 0.352 e. The van der Waals surface area contributed by atoms with Crippen LogP contribution in [0, 0.1) is 0 Å². The molecule has 5 heterocycles. The number of thioether (sulfide) groups is 1. The van der Waals surface area contributed by atoms with E-state index in [1.54, 1.807) is 54.2 Å². The molecule has 3 fully saturated rings. The number of nitrogens with one attached hydrogen (secondary N) is 3. The number of methoxy groups -OCH3 is 1. The first kappa shape index (κ1) is 37.6. The molecule has 0 radical (unpaired) electrons. The molecule has 1 unspecified atom stereocenters. The number of hydrogen-bond acceptors (Lipinski definition) is 13. The number of nitrogens with zero attached hydrogens (tertiary/aromatic N) is 4. The van der Waals surface area contributed by atoms with Gasteiger partial charge in [-0.05, 0) is 85.2 Å². The minimum atomic E-state index is -1.39. The van der Waals surface area contributed by atoms with E-state index in [1.165, 1.54) is 18.9 Å². The largest absolute Gasteiger partial charge is 0.497 e. The molecule has 1 aliphatic carbocycles. The van der Waals surface area contributed by atoms with Crippen molar-refractivity contribution in [2.75, 3.05) is 30.5 Å². The van der Waals surface area contributed by atoms with Crippen molar-refractivity contribution in [3.05, 3.63) is 87.8 Å². The fourth-order valence-corrected chi connectivity index (χ4v) is 9.10. The number of anilines is 2. The van der Waals surface area contributed by atoms with Gasteiger partial charge in [-0.1, -0.05) is 5.16 Å². The number of β-lactam (4-membered cyclic amide) rings is 1. The van der Waals surface area contributed by atoms with E-state index in [9.17, 15) is 29.1 Å². The lowest BCUT2D eigenvalue weighted by atomic mass is 9.80. The van der Waals surface area contributed by atoms with Crippen molar-refractivity contribution < 1.29 is 38.7 Å². The van der Waals surface area contributed by atoms with E-state index in [2.05, 4.69) is 31.1 Å². The molecule has 286 valence electrons. The number of ether oxygens (including phenoxy) is 1. The Morgan fingerprint density at radius 3 is 2.51 bits per heavy atom. The molecule has 1 saturated carbocycles. The highest BCUT2D eigenvalue weighted by Crippen LogP contribution is 2.47. The summed E-state index contributed by atoms with van der Waals surface area (Å²) in [4.78, 5) is 83.0. The van der Waals surface area contributed by atoms with Gasteiger partial charge in [-0.15, -0.1) is 23.1 Å². The molecule has 18 heteroatoms. The van der Waals surface area contributed by atoms with E-state index in [0.717, 1.165) is 41.9 Å². The summed E-state index contributed by atoms with van der Waals surface area (Å²) in [5.74, 6) is -3.67. The third-order valence-corrected chi connectivity index (χ3v) is 11.8. The van der Waals surface area contributed by atoms with Gasteiger partial charge in [0.2, 0.25) is 11.8 Å². The van der Waals surface area contributed by atoms with Gasteiger partial charge in [0.1, 0.15) is 34.7 Å². The Labute approximate surface area is 323 Å². The van der Waals surface area contributed by atoms with E-state index >= 15 is 0 Å². The molecule has 3 aromatic rings. The highest BCUT2D eigenvalue weighted by molar-refractivity contribution is 8.00. The van der Waals surface area contributed by atoms with Crippen LogP contribution in [0.4, 0.5) is 10.8 Å². The van der Waals surface area contributed by atoms with Crippen LogP contribution in [0.2, 0.25) is 0 Å². The second-order valence-corrected chi connectivity index (χ2v) is 15.2. The first-order valence-electron chi connectivity index (χ1n) is 17.7. The summed E-state index contributed by atoms with van der Waals surface area (Å²) in [5.41, 5.74) is 7.64. The normalized spacial score (nSPS) is 21.3. The van der Waals surface area contributed by atoms with E-state index in [1.807, 2.05) is 0 Å². The summed E-state index contributed by atoms with van der Waals surface area (Å²) in [6.07, 6.45) is 6.66. The summed E-state index contributed by atoms with van der Waals surface area (Å²) in [7, 11) is 1.54. The van der Waals surface area contributed by atoms with Crippen molar-refractivity contribution in [3.63, 3.8) is 0 Å². The van der Waals surface area contributed by atoms with Crippen molar-refractivity contribution in [1.29, 1.82) is 0 Å². The van der Waals surface area contributed by atoms with Gasteiger partial charge in [-0.2, -0.15) is 0 Å². The lowest BCUT2D eigenvalue weighted by Gasteiger charge is -2.50. The number of aliphatic carboxylic acids is 1. The number of carboxylic acids is 1. The molecule has 0 bridgehead atoms. The average molecular weight is 787 g/mol. The van der Waals surface area contributed by atoms with E-state index in [4.69, 9.17) is 15.3 Å². The quantitative estimate of drug-likeness (QED) is 0.0729. The van der Waals surface area contributed by atoms with Crippen molar-refractivity contribution in [3.8, 4) is 5.75 Å². The average Bonchev–Trinajstić information content (AvgIpc) is 3.97. The van der Waals surface area contributed by atoms with Crippen molar-refractivity contribution >= 4 is 69.2 Å². The summed E-state index contributed by atoms with van der Waals surface area (Å²) < 4.78 is 5.22. The molecule has 16 nitrogen and oxygen atoms in total. The summed E-state index contributed by atoms with van der Waals surface area (Å²) >= 11 is 2.36. The summed E-state index contributed by atoms with van der Waals surface area (Å²) in [6.45, 7) is 0.319. The molecule has 4 amide bonds. The molecule has 55 heavy (non-hydrogen) atoms. The Balaban J connectivity index is 1.20. The van der Waals surface area contributed by atoms with Crippen LogP contribution in [-0.4, -0.2) is 92.2 Å². The van der Waals surface area contributed by atoms with Gasteiger partial charge < -0.3 is 36.4 Å². The Morgan fingerprint density at radius 2 is 1.87 bits per heavy atom. The highest BCUT2D eigenvalue weighted by atomic mass is 32.2. The molecule has 2 aromatic heterocycles. The van der Waals surface area contributed by atoms with Gasteiger partial charge in [0, 0.05) is 53.7 Å². The highest BCUT2D eigenvalue weighted by Gasteiger charge is 2.55. The summed E-state index contributed by atoms with van der Waals surface area (Å²) in [5, 5.41) is 24.3. The van der Waals surface area contributed by atoms with Crippen molar-refractivity contribution in [1.82, 2.24) is 25.5 Å². The number of benzene rings is 1. The molecule has 7 rings (SSSR count). The number of nitrogens with two attached hydrogens (primary N) is 1. The lowest BCUT2D eigenvalue weighted by Crippen LogP contribution is -2.71. The number of carbonyl (C=O) groups is 5. The van der Waals surface area contributed by atoms with Crippen LogP contribution < -0.4 is 26.4 Å². The molecule has 4 aliphatic rings. The molecular formula is C37H38N8O8S2. The second-order valence-electron chi connectivity index (χ2n) is 13.2. The Hall–Kier alpha value is -5.75. The third kappa shape index (κ3) is 7.91. The minimum Gasteiger partial charge on any atom is -0.497 e. The number of pyridine rings is 1. The van der Waals surface area contributed by atoms with Crippen LogP contribution in [0.15, 0.2) is 81.7 Å². The number of oxime groups is 1. The van der Waals surface area contributed by atoms with Crippen LogP contribution in [0.3, 0.4) is 0 Å². The van der Waals surface area contributed by atoms with E-state index < -0.39 is 35.1 Å². The lowest BCUT2D eigenvalue weighted by molar-refractivity contribution is -0.150. The predicted octanol–water partition coefficient (Wildman–Crippen LogP) is 3.16. The topological polar surface area (TPSA) is 228 Å². The number of carboxylic acid groups (broad SMARTS) is 1. The smallest absolute Gasteiger partial charge is 0.352 e. The first-order valence-corrected chi connectivity index (χ1v) is 19.6. The standard InChI is InChI=1S/C37H38N8O8S2/c1-52-21-8-6-20(7-9-21)41-27(46)16-24(19-10-13-39-14-11-19)28(23-12-15-40-32(23)47)25-17-54-35-30(34(49)45(35)31(25)36(50)51)43-33(48)29(26-18-55-37(38)42-26)44-53-22-4-2-3-5-22/h6-11,13-14,18,22,24,30,35H,2-5,12,15-17H2,1H3,(H2,38,42)(H,40,47)(H,41,46)(H,43,48)(H,50,51)/t24?,30-,35-/m1/s1. The van der Waals surface area contributed by atoms with Crippen molar-refractivity contribution in [2.45, 2.75) is 62.0 Å². The Kier molecular flexibility index (Phi) is 11.1. The molecule has 0 spiro atoms. The number of aromatic nitrogens is 2. The molecule has 1 aromatic carbocycles. The van der Waals surface area contributed by atoms with E-state index in [-0.39, 0.29) is 64.3 Å². The van der Waals surface area contributed by atoms with Crippen LogP contribution in [0.25, 0.3) is 0 Å². The molecule has 3 aliphatic heterocycles. The number of carbonyl (C=O) groups excluding carboxylic acids is 4. The van der Waals surface area contributed by atoms with Crippen LogP contribution in [-0.2, 0) is 28.8 Å². The number of rotatable bonds is 13. The number of fused-ring (bicyclic) bond motifs is 1. The number of hydrogen-bond donors (Lipinski definition) is 5. The monoisotopic (exact) mass is 786 g/mol. The molecular weight excluding hydrogens is 749 g/mol. The van der Waals surface area contributed by atoms with E-state index in [0.29, 0.717) is 34.7 Å². The number of nitrogen functional groups attached to an aromatic ring is 1. The van der Waals surface area contributed by atoms with Crippen LogP contribution in [0.5, 0.6) is 5.75 Å². The zero-order valence-electron chi connectivity index (χ0n) is 29.7. The van der Waals surface area contributed by atoms with Gasteiger partial charge in [0.25, 0.3) is 11.8 Å². The predicted molar refractivity (Wildman–Crippen MR) is 204 cm³/mol.